The highest BCUT2D eigenvalue weighted by Crippen LogP contribution is 2.24. The number of methoxy groups -OCH3 is 1. The van der Waals surface area contributed by atoms with Crippen LogP contribution in [0.25, 0.3) is 0 Å². The van der Waals surface area contributed by atoms with Crippen LogP contribution in [0.15, 0.2) is 35.7 Å². The molecule has 0 atom stereocenters. The molecule has 122 valence electrons. The lowest BCUT2D eigenvalue weighted by molar-refractivity contribution is -0.123. The topological polar surface area (TPSA) is 90.7 Å². The molecule has 0 radical (unpaired) electrons. The lowest BCUT2D eigenvalue weighted by atomic mass is 10.2. The minimum atomic E-state index is -0.624. The van der Waals surface area contributed by atoms with Gasteiger partial charge < -0.3 is 20.5 Å². The van der Waals surface area contributed by atoms with Crippen molar-refractivity contribution < 1.29 is 19.1 Å². The number of amides is 2. The van der Waals surface area contributed by atoms with Gasteiger partial charge in [0.2, 0.25) is 0 Å². The van der Waals surface area contributed by atoms with E-state index in [1.54, 1.807) is 17.4 Å². The van der Waals surface area contributed by atoms with Gasteiger partial charge in [-0.25, -0.2) is 0 Å². The Morgan fingerprint density at radius 1 is 1.30 bits per heavy atom. The molecular formula is C16H18N2O4S. The third kappa shape index (κ3) is 5.00. The van der Waals surface area contributed by atoms with Gasteiger partial charge in [-0.3, -0.25) is 9.59 Å². The van der Waals surface area contributed by atoms with Gasteiger partial charge in [0.05, 0.1) is 12.7 Å². The van der Waals surface area contributed by atoms with Crippen molar-refractivity contribution in [1.29, 1.82) is 0 Å². The van der Waals surface area contributed by atoms with Crippen LogP contribution in [0.1, 0.15) is 15.2 Å². The number of carbonyl (C=O) groups is 2. The first-order valence-electron chi connectivity index (χ1n) is 7.00. The molecule has 0 fully saturated rings. The van der Waals surface area contributed by atoms with Crippen molar-refractivity contribution in [2.75, 3.05) is 20.3 Å². The van der Waals surface area contributed by atoms with Crippen LogP contribution in [0, 0.1) is 0 Å². The number of hydrogen-bond donors (Lipinski definition) is 2. The van der Waals surface area contributed by atoms with Crippen molar-refractivity contribution in [2.45, 2.75) is 6.42 Å². The molecule has 0 aliphatic rings. The smallest absolute Gasteiger partial charge is 0.257 e. The predicted molar refractivity (Wildman–Crippen MR) is 88.0 cm³/mol. The van der Waals surface area contributed by atoms with Gasteiger partial charge in [0.1, 0.15) is 11.5 Å². The molecule has 0 saturated heterocycles. The molecule has 1 aromatic heterocycles. The summed E-state index contributed by atoms with van der Waals surface area (Å²) < 4.78 is 10.5. The summed E-state index contributed by atoms with van der Waals surface area (Å²) in [5.74, 6) is -0.145. The zero-order valence-electron chi connectivity index (χ0n) is 12.7. The van der Waals surface area contributed by atoms with Crippen LogP contribution < -0.4 is 20.5 Å². The Morgan fingerprint density at radius 3 is 2.78 bits per heavy atom. The van der Waals surface area contributed by atoms with Gasteiger partial charge in [0, 0.05) is 17.5 Å². The molecule has 2 aromatic rings. The molecule has 0 bridgehead atoms. The second-order valence-electron chi connectivity index (χ2n) is 4.69. The Labute approximate surface area is 138 Å². The van der Waals surface area contributed by atoms with E-state index in [1.165, 1.54) is 24.1 Å². The Bertz CT molecular complexity index is 671. The number of ether oxygens (including phenoxy) is 2. The molecule has 0 aliphatic heterocycles. The van der Waals surface area contributed by atoms with Crippen molar-refractivity contribution in [1.82, 2.24) is 5.32 Å². The highest BCUT2D eigenvalue weighted by molar-refractivity contribution is 7.09. The number of benzene rings is 1. The molecule has 0 saturated carbocycles. The summed E-state index contributed by atoms with van der Waals surface area (Å²) in [5, 5.41) is 4.76. The standard InChI is InChI=1S/C16H18N2O4S/c1-21-11-4-5-13(16(17)20)14(9-11)22-10-15(19)18-7-6-12-3-2-8-23-12/h2-5,8-9H,6-7,10H2,1H3,(H2,17,20)(H,18,19). The van der Waals surface area contributed by atoms with Gasteiger partial charge in [0.15, 0.2) is 6.61 Å². The van der Waals surface area contributed by atoms with E-state index < -0.39 is 5.91 Å². The van der Waals surface area contributed by atoms with Crippen molar-refractivity contribution in [3.8, 4) is 11.5 Å². The summed E-state index contributed by atoms with van der Waals surface area (Å²) in [6.45, 7) is 0.335. The highest BCUT2D eigenvalue weighted by Gasteiger charge is 2.12. The molecule has 23 heavy (non-hydrogen) atoms. The van der Waals surface area contributed by atoms with Crippen LogP contribution in [0.4, 0.5) is 0 Å². The molecule has 1 heterocycles. The minimum absolute atomic E-state index is 0.197. The maximum atomic E-state index is 11.8. The van der Waals surface area contributed by atoms with Crippen LogP contribution in [-0.4, -0.2) is 32.1 Å². The quantitative estimate of drug-likeness (QED) is 0.767. The second kappa shape index (κ2) is 8.19. The Hall–Kier alpha value is -2.54. The van der Waals surface area contributed by atoms with E-state index in [2.05, 4.69) is 5.32 Å². The van der Waals surface area contributed by atoms with Crippen LogP contribution in [-0.2, 0) is 11.2 Å². The number of primary amides is 1. The highest BCUT2D eigenvalue weighted by atomic mass is 32.1. The number of hydrogen-bond acceptors (Lipinski definition) is 5. The maximum absolute atomic E-state index is 11.8. The lowest BCUT2D eigenvalue weighted by Gasteiger charge is -2.11. The minimum Gasteiger partial charge on any atom is -0.497 e. The fourth-order valence-electron chi connectivity index (χ4n) is 1.93. The summed E-state index contributed by atoms with van der Waals surface area (Å²) >= 11 is 1.65. The van der Waals surface area contributed by atoms with Crippen molar-refractivity contribution in [3.63, 3.8) is 0 Å². The maximum Gasteiger partial charge on any atom is 0.257 e. The first-order valence-corrected chi connectivity index (χ1v) is 7.88. The van der Waals surface area contributed by atoms with Gasteiger partial charge in [0.25, 0.3) is 11.8 Å². The van der Waals surface area contributed by atoms with E-state index in [1.807, 2.05) is 17.5 Å². The van der Waals surface area contributed by atoms with Gasteiger partial charge in [-0.1, -0.05) is 6.07 Å². The molecule has 2 amide bonds. The third-order valence-electron chi connectivity index (χ3n) is 3.09. The van der Waals surface area contributed by atoms with E-state index in [9.17, 15) is 9.59 Å². The first-order chi connectivity index (χ1) is 11.1. The summed E-state index contributed by atoms with van der Waals surface area (Å²) in [5.41, 5.74) is 5.49. The molecule has 0 spiro atoms. The van der Waals surface area contributed by atoms with Crippen LogP contribution in [0.3, 0.4) is 0 Å². The van der Waals surface area contributed by atoms with Crippen molar-refractivity contribution in [3.05, 3.63) is 46.2 Å². The van der Waals surface area contributed by atoms with E-state index in [0.717, 1.165) is 6.42 Å². The third-order valence-corrected chi connectivity index (χ3v) is 4.02. The van der Waals surface area contributed by atoms with E-state index in [-0.39, 0.29) is 23.8 Å². The lowest BCUT2D eigenvalue weighted by Crippen LogP contribution is -2.30. The summed E-state index contributed by atoms with van der Waals surface area (Å²) in [4.78, 5) is 24.4. The fourth-order valence-corrected chi connectivity index (χ4v) is 2.64. The second-order valence-corrected chi connectivity index (χ2v) is 5.73. The van der Waals surface area contributed by atoms with Crippen LogP contribution >= 0.6 is 11.3 Å². The summed E-state index contributed by atoms with van der Waals surface area (Å²) in [7, 11) is 1.50. The normalized spacial score (nSPS) is 10.1. The number of carbonyl (C=O) groups excluding carboxylic acids is 2. The summed E-state index contributed by atoms with van der Waals surface area (Å²) in [6, 6.07) is 8.63. The molecule has 1 aromatic carbocycles. The van der Waals surface area contributed by atoms with Crippen molar-refractivity contribution in [2.24, 2.45) is 5.73 Å². The molecule has 2 rings (SSSR count). The molecule has 0 unspecified atom stereocenters. The zero-order valence-corrected chi connectivity index (χ0v) is 13.5. The van der Waals surface area contributed by atoms with Crippen molar-refractivity contribution >= 4 is 23.2 Å². The number of rotatable bonds is 8. The average molecular weight is 334 g/mol. The molecule has 7 heteroatoms. The number of thiophene rings is 1. The predicted octanol–water partition coefficient (Wildman–Crippen LogP) is 1.59. The largest absolute Gasteiger partial charge is 0.497 e. The monoisotopic (exact) mass is 334 g/mol. The zero-order chi connectivity index (χ0) is 16.7. The molecule has 3 N–H and O–H groups in total. The first kappa shape index (κ1) is 16.8. The number of nitrogens with one attached hydrogen (secondary N) is 1. The molecule has 6 nitrogen and oxygen atoms in total. The van der Waals surface area contributed by atoms with E-state index in [0.29, 0.717) is 12.3 Å². The average Bonchev–Trinajstić information content (AvgIpc) is 3.05. The summed E-state index contributed by atoms with van der Waals surface area (Å²) in [6.07, 6.45) is 0.773. The van der Waals surface area contributed by atoms with Gasteiger partial charge >= 0.3 is 0 Å². The van der Waals surface area contributed by atoms with Crippen LogP contribution in [0.5, 0.6) is 11.5 Å². The van der Waals surface area contributed by atoms with E-state index >= 15 is 0 Å². The SMILES string of the molecule is COc1ccc(C(N)=O)c(OCC(=O)NCCc2cccs2)c1. The molecular weight excluding hydrogens is 316 g/mol. The van der Waals surface area contributed by atoms with E-state index in [4.69, 9.17) is 15.2 Å². The van der Waals surface area contributed by atoms with Gasteiger partial charge in [-0.15, -0.1) is 11.3 Å². The van der Waals surface area contributed by atoms with Gasteiger partial charge in [-0.05, 0) is 30.0 Å². The Balaban J connectivity index is 1.86. The van der Waals surface area contributed by atoms with Crippen LogP contribution in [0.2, 0.25) is 0 Å². The fraction of sp³-hybridized carbons (Fsp3) is 0.250. The Morgan fingerprint density at radius 2 is 2.13 bits per heavy atom. The van der Waals surface area contributed by atoms with Gasteiger partial charge in [-0.2, -0.15) is 0 Å². The Kier molecular flexibility index (Phi) is 5.99. The molecule has 0 aliphatic carbocycles. The number of nitrogens with two attached hydrogens (primary N) is 1.